The van der Waals surface area contributed by atoms with Crippen LogP contribution < -0.4 is 0 Å². The predicted molar refractivity (Wildman–Crippen MR) is 52.9 cm³/mol. The summed E-state index contributed by atoms with van der Waals surface area (Å²) in [5.74, 6) is -3.96. The van der Waals surface area contributed by atoms with Crippen molar-refractivity contribution in [3.05, 3.63) is 0 Å². The molecule has 0 amide bonds. The minimum atomic E-state index is -2.57. The number of hydrogen-bond donors (Lipinski definition) is 1. The average Bonchev–Trinajstić information content (AvgIpc) is 2.07. The van der Waals surface area contributed by atoms with E-state index in [0.29, 0.717) is 12.8 Å². The van der Waals surface area contributed by atoms with Gasteiger partial charge >= 0.3 is 5.97 Å². The molecule has 1 N–H and O–H groups in total. The molecule has 1 saturated carbocycles. The first-order valence-electron chi connectivity index (χ1n) is 5.44. The Morgan fingerprint density at radius 3 is 2.13 bits per heavy atom. The molecule has 1 fully saturated rings. The molecule has 1 unspecified atom stereocenters. The molecule has 0 aromatic rings. The fourth-order valence-electron chi connectivity index (χ4n) is 2.45. The monoisotopic (exact) mass is 220 g/mol. The maximum absolute atomic E-state index is 12.9. The summed E-state index contributed by atoms with van der Waals surface area (Å²) in [7, 11) is 0. The van der Waals surface area contributed by atoms with Gasteiger partial charge in [-0.15, -0.1) is 0 Å². The standard InChI is InChI=1S/C11H18F2O2/c1-7(2)9(10(14)15)8-3-5-11(12,13)6-4-8/h7-9H,3-6H2,1-2H3,(H,14,15). The van der Waals surface area contributed by atoms with Gasteiger partial charge in [0, 0.05) is 12.8 Å². The number of rotatable bonds is 3. The Kier molecular flexibility index (Phi) is 3.68. The van der Waals surface area contributed by atoms with Crippen LogP contribution in [0.25, 0.3) is 0 Å². The summed E-state index contributed by atoms with van der Waals surface area (Å²) in [6.07, 6.45) is 0.354. The number of carboxylic acid groups (broad SMARTS) is 1. The van der Waals surface area contributed by atoms with E-state index in [1.807, 2.05) is 13.8 Å². The highest BCUT2D eigenvalue weighted by atomic mass is 19.3. The second-order valence-electron chi connectivity index (χ2n) is 4.80. The van der Waals surface area contributed by atoms with Crippen molar-refractivity contribution in [2.24, 2.45) is 17.8 Å². The van der Waals surface area contributed by atoms with E-state index in [2.05, 4.69) is 0 Å². The van der Waals surface area contributed by atoms with Gasteiger partial charge in [-0.3, -0.25) is 4.79 Å². The Hall–Kier alpha value is -0.670. The normalized spacial score (nSPS) is 24.1. The summed E-state index contributed by atoms with van der Waals surface area (Å²) in [4.78, 5) is 11.0. The van der Waals surface area contributed by atoms with Crippen molar-refractivity contribution in [1.29, 1.82) is 0 Å². The summed E-state index contributed by atoms with van der Waals surface area (Å²) < 4.78 is 25.8. The highest BCUT2D eigenvalue weighted by Crippen LogP contribution is 2.41. The number of halogens is 2. The van der Waals surface area contributed by atoms with Gasteiger partial charge in [-0.05, 0) is 24.7 Å². The van der Waals surface area contributed by atoms with Crippen LogP contribution in [0.4, 0.5) is 8.78 Å². The number of hydrogen-bond acceptors (Lipinski definition) is 1. The average molecular weight is 220 g/mol. The van der Waals surface area contributed by atoms with E-state index in [1.54, 1.807) is 0 Å². The van der Waals surface area contributed by atoms with Crippen LogP contribution in [0.3, 0.4) is 0 Å². The maximum atomic E-state index is 12.9. The van der Waals surface area contributed by atoms with Crippen molar-refractivity contribution in [2.45, 2.75) is 45.5 Å². The molecular weight excluding hydrogens is 202 g/mol. The maximum Gasteiger partial charge on any atom is 0.307 e. The highest BCUT2D eigenvalue weighted by molar-refractivity contribution is 5.70. The van der Waals surface area contributed by atoms with Gasteiger partial charge in [0.1, 0.15) is 0 Å². The topological polar surface area (TPSA) is 37.3 Å². The molecule has 0 aliphatic heterocycles. The van der Waals surface area contributed by atoms with Crippen LogP contribution in [-0.4, -0.2) is 17.0 Å². The molecule has 0 aromatic carbocycles. The quantitative estimate of drug-likeness (QED) is 0.793. The first kappa shape index (κ1) is 12.4. The van der Waals surface area contributed by atoms with Gasteiger partial charge in [0.25, 0.3) is 0 Å². The van der Waals surface area contributed by atoms with E-state index in [0.717, 1.165) is 0 Å². The summed E-state index contributed by atoms with van der Waals surface area (Å²) in [5.41, 5.74) is 0. The molecule has 1 aliphatic carbocycles. The van der Waals surface area contributed by atoms with Crippen LogP contribution in [0, 0.1) is 17.8 Å². The van der Waals surface area contributed by atoms with Crippen molar-refractivity contribution < 1.29 is 18.7 Å². The van der Waals surface area contributed by atoms with Gasteiger partial charge in [0.2, 0.25) is 5.92 Å². The minimum absolute atomic E-state index is 0.0132. The summed E-state index contributed by atoms with van der Waals surface area (Å²) in [6.45, 7) is 3.68. The number of carbonyl (C=O) groups is 1. The molecule has 0 aromatic heterocycles. The molecule has 0 radical (unpaired) electrons. The molecule has 88 valence electrons. The van der Waals surface area contributed by atoms with Gasteiger partial charge in [-0.2, -0.15) is 0 Å². The smallest absolute Gasteiger partial charge is 0.307 e. The lowest BCUT2D eigenvalue weighted by Crippen LogP contribution is -2.34. The zero-order valence-corrected chi connectivity index (χ0v) is 9.17. The lowest BCUT2D eigenvalue weighted by molar-refractivity contribution is -0.148. The van der Waals surface area contributed by atoms with Crippen LogP contribution in [0.1, 0.15) is 39.5 Å². The van der Waals surface area contributed by atoms with Crippen LogP contribution in [0.2, 0.25) is 0 Å². The van der Waals surface area contributed by atoms with Crippen LogP contribution in [0.5, 0.6) is 0 Å². The summed E-state index contributed by atoms with van der Waals surface area (Å²) >= 11 is 0. The zero-order valence-electron chi connectivity index (χ0n) is 9.17. The van der Waals surface area contributed by atoms with Crippen LogP contribution in [-0.2, 0) is 4.79 Å². The largest absolute Gasteiger partial charge is 0.481 e. The van der Waals surface area contributed by atoms with E-state index in [4.69, 9.17) is 5.11 Å². The second-order valence-corrected chi connectivity index (χ2v) is 4.80. The second kappa shape index (κ2) is 4.45. The number of alkyl halides is 2. The van der Waals surface area contributed by atoms with Crippen LogP contribution in [0.15, 0.2) is 0 Å². The molecule has 1 rings (SSSR count). The first-order valence-corrected chi connectivity index (χ1v) is 5.44. The Morgan fingerprint density at radius 1 is 1.33 bits per heavy atom. The SMILES string of the molecule is CC(C)C(C(=O)O)C1CCC(F)(F)CC1. The number of aliphatic carboxylic acids is 1. The third-order valence-corrected chi connectivity index (χ3v) is 3.27. The van der Waals surface area contributed by atoms with Crippen molar-refractivity contribution in [3.63, 3.8) is 0 Å². The van der Waals surface area contributed by atoms with Gasteiger partial charge in [-0.25, -0.2) is 8.78 Å². The fraction of sp³-hybridized carbons (Fsp3) is 0.909. The molecule has 2 nitrogen and oxygen atoms in total. The first-order chi connectivity index (χ1) is 6.83. The molecule has 4 heteroatoms. The Morgan fingerprint density at radius 2 is 1.80 bits per heavy atom. The fourth-order valence-corrected chi connectivity index (χ4v) is 2.45. The molecule has 1 aliphatic rings. The number of carboxylic acids is 1. The lowest BCUT2D eigenvalue weighted by Gasteiger charge is -2.33. The van der Waals surface area contributed by atoms with Crippen molar-refractivity contribution in [2.75, 3.05) is 0 Å². The van der Waals surface area contributed by atoms with E-state index in [9.17, 15) is 13.6 Å². The Balaban J connectivity index is 2.61. The minimum Gasteiger partial charge on any atom is -0.481 e. The predicted octanol–water partition coefficient (Wildman–Crippen LogP) is 3.17. The van der Waals surface area contributed by atoms with E-state index in [1.165, 1.54) is 0 Å². The van der Waals surface area contributed by atoms with E-state index < -0.39 is 17.8 Å². The van der Waals surface area contributed by atoms with Gasteiger partial charge in [-0.1, -0.05) is 13.8 Å². The van der Waals surface area contributed by atoms with Gasteiger partial charge in [0.05, 0.1) is 5.92 Å². The van der Waals surface area contributed by atoms with E-state index >= 15 is 0 Å². The lowest BCUT2D eigenvalue weighted by atomic mass is 9.74. The Labute approximate surface area is 88.7 Å². The van der Waals surface area contributed by atoms with Crippen molar-refractivity contribution in [1.82, 2.24) is 0 Å². The summed E-state index contributed by atoms with van der Waals surface area (Å²) in [5, 5.41) is 9.04. The zero-order chi connectivity index (χ0) is 11.6. The third-order valence-electron chi connectivity index (χ3n) is 3.27. The molecular formula is C11H18F2O2. The third kappa shape index (κ3) is 3.14. The molecule has 0 heterocycles. The molecule has 0 spiro atoms. The molecule has 0 bridgehead atoms. The molecule has 1 atom stereocenters. The highest BCUT2D eigenvalue weighted by Gasteiger charge is 2.40. The van der Waals surface area contributed by atoms with Gasteiger partial charge < -0.3 is 5.11 Å². The van der Waals surface area contributed by atoms with Crippen LogP contribution >= 0.6 is 0 Å². The van der Waals surface area contributed by atoms with Gasteiger partial charge in [0.15, 0.2) is 0 Å². The summed E-state index contributed by atoms with van der Waals surface area (Å²) in [6, 6.07) is 0. The van der Waals surface area contributed by atoms with E-state index in [-0.39, 0.29) is 24.7 Å². The van der Waals surface area contributed by atoms with Crippen molar-refractivity contribution >= 4 is 5.97 Å². The molecule has 0 saturated heterocycles. The van der Waals surface area contributed by atoms with Crippen molar-refractivity contribution in [3.8, 4) is 0 Å². The molecule has 15 heavy (non-hydrogen) atoms. The Bertz CT molecular complexity index is 229.